The van der Waals surface area contributed by atoms with Crippen LogP contribution in [0.25, 0.3) is 0 Å². The van der Waals surface area contributed by atoms with E-state index in [1.165, 1.54) is 0 Å². The van der Waals surface area contributed by atoms with Gasteiger partial charge < -0.3 is 10.2 Å². The fourth-order valence-electron chi connectivity index (χ4n) is 0.902. The fraction of sp³-hybridized carbons (Fsp3) is 0.444. The highest BCUT2D eigenvalue weighted by molar-refractivity contribution is 5.95. The Bertz CT molecular complexity index is 280. The average Bonchev–Trinajstić information content (AvgIpc) is 2.30. The SMILES string of the molecule is Cc1oc(C(=O)C(C)C)cc1N. The van der Waals surface area contributed by atoms with Crippen LogP contribution in [0.4, 0.5) is 5.69 Å². The average molecular weight is 167 g/mol. The summed E-state index contributed by atoms with van der Waals surface area (Å²) in [5.41, 5.74) is 6.07. The van der Waals surface area contributed by atoms with E-state index in [-0.39, 0.29) is 11.7 Å². The summed E-state index contributed by atoms with van der Waals surface area (Å²) in [4.78, 5) is 11.4. The molecule has 66 valence electrons. The Morgan fingerprint density at radius 1 is 1.58 bits per heavy atom. The van der Waals surface area contributed by atoms with Gasteiger partial charge in [0.1, 0.15) is 5.76 Å². The van der Waals surface area contributed by atoms with Gasteiger partial charge in [0.15, 0.2) is 5.76 Å². The van der Waals surface area contributed by atoms with E-state index >= 15 is 0 Å². The maximum absolute atomic E-state index is 11.4. The number of carbonyl (C=O) groups excluding carboxylic acids is 1. The molecule has 0 amide bonds. The number of Topliss-reactive ketones (excluding diaryl/α,β-unsaturated/α-hetero) is 1. The summed E-state index contributed by atoms with van der Waals surface area (Å²) < 4.78 is 5.16. The highest BCUT2D eigenvalue weighted by Gasteiger charge is 2.15. The molecule has 12 heavy (non-hydrogen) atoms. The number of hydrogen-bond acceptors (Lipinski definition) is 3. The Hall–Kier alpha value is -1.25. The normalized spacial score (nSPS) is 10.7. The number of nitrogens with two attached hydrogens (primary N) is 1. The molecule has 0 atom stereocenters. The molecule has 2 N–H and O–H groups in total. The number of carbonyl (C=O) groups is 1. The van der Waals surface area contributed by atoms with Crippen LogP contribution in [-0.2, 0) is 0 Å². The molecule has 1 heterocycles. The van der Waals surface area contributed by atoms with E-state index in [1.54, 1.807) is 13.0 Å². The van der Waals surface area contributed by atoms with Crippen molar-refractivity contribution in [3.05, 3.63) is 17.6 Å². The van der Waals surface area contributed by atoms with Gasteiger partial charge >= 0.3 is 0 Å². The van der Waals surface area contributed by atoms with E-state index in [0.717, 1.165) is 0 Å². The Morgan fingerprint density at radius 2 is 2.17 bits per heavy atom. The van der Waals surface area contributed by atoms with Gasteiger partial charge in [-0.25, -0.2) is 0 Å². The molecule has 0 aliphatic rings. The van der Waals surface area contributed by atoms with Crippen molar-refractivity contribution < 1.29 is 9.21 Å². The number of aryl methyl sites for hydroxylation is 1. The van der Waals surface area contributed by atoms with Crippen molar-refractivity contribution in [3.63, 3.8) is 0 Å². The number of anilines is 1. The quantitative estimate of drug-likeness (QED) is 0.685. The van der Waals surface area contributed by atoms with Crippen LogP contribution in [0.1, 0.15) is 30.2 Å². The first-order chi connectivity index (χ1) is 5.52. The molecule has 0 spiro atoms. The molecule has 3 nitrogen and oxygen atoms in total. The maximum Gasteiger partial charge on any atom is 0.200 e. The molecule has 1 aromatic rings. The lowest BCUT2D eigenvalue weighted by Gasteiger charge is -1.97. The zero-order valence-electron chi connectivity index (χ0n) is 7.55. The molecule has 0 saturated carbocycles. The first kappa shape index (κ1) is 8.84. The standard InChI is InChI=1S/C9H13NO2/c1-5(2)9(11)8-4-7(10)6(3)12-8/h4-5H,10H2,1-3H3. The lowest BCUT2D eigenvalue weighted by molar-refractivity contribution is 0.0910. The summed E-state index contributed by atoms with van der Waals surface area (Å²) in [6, 6.07) is 1.58. The summed E-state index contributed by atoms with van der Waals surface area (Å²) in [5.74, 6) is 0.920. The molecule has 0 aliphatic heterocycles. The summed E-state index contributed by atoms with van der Waals surface area (Å²) in [6.45, 7) is 5.40. The molecule has 0 fully saturated rings. The second-order valence-electron chi connectivity index (χ2n) is 3.14. The summed E-state index contributed by atoms with van der Waals surface area (Å²) >= 11 is 0. The van der Waals surface area contributed by atoms with Gasteiger partial charge in [-0.05, 0) is 6.92 Å². The fourth-order valence-corrected chi connectivity index (χ4v) is 0.902. The van der Waals surface area contributed by atoms with Crippen molar-refractivity contribution in [2.24, 2.45) is 5.92 Å². The molecule has 1 rings (SSSR count). The summed E-state index contributed by atoms with van der Waals surface area (Å²) in [6.07, 6.45) is 0. The van der Waals surface area contributed by atoms with Crippen LogP contribution in [0.2, 0.25) is 0 Å². The van der Waals surface area contributed by atoms with Gasteiger partial charge in [-0.3, -0.25) is 4.79 Å². The molecule has 0 aliphatic carbocycles. The maximum atomic E-state index is 11.4. The van der Waals surface area contributed by atoms with Gasteiger partial charge in [0.25, 0.3) is 0 Å². The lowest BCUT2D eigenvalue weighted by Crippen LogP contribution is -2.05. The van der Waals surface area contributed by atoms with Crippen molar-refractivity contribution in [2.75, 3.05) is 5.73 Å². The third kappa shape index (κ3) is 1.49. The number of ketones is 1. The third-order valence-electron chi connectivity index (χ3n) is 1.72. The number of rotatable bonds is 2. The predicted octanol–water partition coefficient (Wildman–Crippen LogP) is 2.01. The smallest absolute Gasteiger partial charge is 0.200 e. The Morgan fingerprint density at radius 3 is 2.50 bits per heavy atom. The van der Waals surface area contributed by atoms with Crippen molar-refractivity contribution in [3.8, 4) is 0 Å². The van der Waals surface area contributed by atoms with E-state index in [0.29, 0.717) is 17.2 Å². The van der Waals surface area contributed by atoms with Gasteiger partial charge in [-0.2, -0.15) is 0 Å². The van der Waals surface area contributed by atoms with Gasteiger partial charge in [0.05, 0.1) is 5.69 Å². The van der Waals surface area contributed by atoms with Crippen molar-refractivity contribution in [1.82, 2.24) is 0 Å². The van der Waals surface area contributed by atoms with Gasteiger partial charge in [-0.1, -0.05) is 13.8 Å². The van der Waals surface area contributed by atoms with E-state index in [4.69, 9.17) is 10.2 Å². The zero-order valence-corrected chi connectivity index (χ0v) is 7.55. The molecule has 0 radical (unpaired) electrons. The van der Waals surface area contributed by atoms with Crippen molar-refractivity contribution in [1.29, 1.82) is 0 Å². The van der Waals surface area contributed by atoms with Crippen LogP contribution in [-0.4, -0.2) is 5.78 Å². The summed E-state index contributed by atoms with van der Waals surface area (Å²) in [7, 11) is 0. The van der Waals surface area contributed by atoms with E-state index in [9.17, 15) is 4.79 Å². The predicted molar refractivity (Wildman–Crippen MR) is 47.0 cm³/mol. The molecule has 0 unspecified atom stereocenters. The number of nitrogen functional groups attached to an aromatic ring is 1. The molecule has 3 heteroatoms. The van der Waals surface area contributed by atoms with Crippen LogP contribution in [0.15, 0.2) is 10.5 Å². The molecule has 1 aromatic heterocycles. The largest absolute Gasteiger partial charge is 0.456 e. The van der Waals surface area contributed by atoms with Crippen molar-refractivity contribution >= 4 is 11.5 Å². The van der Waals surface area contributed by atoms with E-state index in [2.05, 4.69) is 0 Å². The first-order valence-corrected chi connectivity index (χ1v) is 3.92. The third-order valence-corrected chi connectivity index (χ3v) is 1.72. The van der Waals surface area contributed by atoms with E-state index < -0.39 is 0 Å². The Balaban J connectivity index is 2.97. The first-order valence-electron chi connectivity index (χ1n) is 3.92. The van der Waals surface area contributed by atoms with Crippen LogP contribution in [0.3, 0.4) is 0 Å². The Labute approximate surface area is 71.6 Å². The van der Waals surface area contributed by atoms with Gasteiger partial charge in [0.2, 0.25) is 5.78 Å². The monoisotopic (exact) mass is 167 g/mol. The van der Waals surface area contributed by atoms with E-state index in [1.807, 2.05) is 13.8 Å². The number of furan rings is 1. The van der Waals surface area contributed by atoms with Gasteiger partial charge in [0, 0.05) is 12.0 Å². The zero-order chi connectivity index (χ0) is 9.30. The molecular formula is C9H13NO2. The molecule has 0 aromatic carbocycles. The second-order valence-corrected chi connectivity index (χ2v) is 3.14. The Kier molecular flexibility index (Phi) is 2.22. The highest BCUT2D eigenvalue weighted by Crippen LogP contribution is 2.18. The van der Waals surface area contributed by atoms with Crippen LogP contribution >= 0.6 is 0 Å². The van der Waals surface area contributed by atoms with Crippen LogP contribution < -0.4 is 5.73 Å². The number of hydrogen-bond donors (Lipinski definition) is 1. The topological polar surface area (TPSA) is 56.2 Å². The molecular weight excluding hydrogens is 154 g/mol. The summed E-state index contributed by atoms with van der Waals surface area (Å²) in [5, 5.41) is 0. The minimum Gasteiger partial charge on any atom is -0.456 e. The highest BCUT2D eigenvalue weighted by atomic mass is 16.3. The van der Waals surface area contributed by atoms with Crippen molar-refractivity contribution in [2.45, 2.75) is 20.8 Å². The minimum atomic E-state index is -0.0463. The minimum absolute atomic E-state index is 0.00481. The molecule has 0 saturated heterocycles. The lowest BCUT2D eigenvalue weighted by atomic mass is 10.1. The van der Waals surface area contributed by atoms with Crippen LogP contribution in [0, 0.1) is 12.8 Å². The van der Waals surface area contributed by atoms with Gasteiger partial charge in [-0.15, -0.1) is 0 Å². The second kappa shape index (κ2) is 3.01. The molecule has 0 bridgehead atoms. The van der Waals surface area contributed by atoms with Crippen LogP contribution in [0.5, 0.6) is 0 Å².